The molecule has 6 heteroatoms. The lowest BCUT2D eigenvalue weighted by Gasteiger charge is -2.06. The predicted octanol–water partition coefficient (Wildman–Crippen LogP) is 3.50. The summed E-state index contributed by atoms with van der Waals surface area (Å²) in [6, 6.07) is 20.2. The van der Waals surface area contributed by atoms with Crippen LogP contribution in [0.2, 0.25) is 0 Å². The minimum Gasteiger partial charge on any atom is -0.289 e. The highest BCUT2D eigenvalue weighted by Crippen LogP contribution is 2.26. The van der Waals surface area contributed by atoms with Crippen molar-refractivity contribution in [1.29, 1.82) is 0 Å². The van der Waals surface area contributed by atoms with Gasteiger partial charge < -0.3 is 0 Å². The molecule has 2 heterocycles. The molecule has 0 N–H and O–H groups in total. The van der Waals surface area contributed by atoms with Crippen molar-refractivity contribution in [2.45, 2.75) is 4.90 Å². The van der Waals surface area contributed by atoms with Crippen molar-refractivity contribution < 1.29 is 13.2 Å². The molecule has 0 saturated carbocycles. The van der Waals surface area contributed by atoms with Gasteiger partial charge in [0.2, 0.25) is 0 Å². The van der Waals surface area contributed by atoms with Gasteiger partial charge in [-0.3, -0.25) is 4.79 Å². The van der Waals surface area contributed by atoms with Gasteiger partial charge in [-0.15, -0.1) is 0 Å². The van der Waals surface area contributed by atoms with Gasteiger partial charge in [0.1, 0.15) is 0 Å². The lowest BCUT2D eigenvalue weighted by molar-refractivity contribution is 0.104. The Hall–Kier alpha value is -3.25. The lowest BCUT2D eigenvalue weighted by Crippen LogP contribution is -2.12. The average molecular weight is 362 g/mol. The van der Waals surface area contributed by atoms with Crippen LogP contribution in [-0.4, -0.2) is 23.2 Å². The van der Waals surface area contributed by atoms with Crippen molar-refractivity contribution >= 4 is 26.8 Å². The summed E-state index contributed by atoms with van der Waals surface area (Å²) in [7, 11) is -3.86. The van der Waals surface area contributed by atoms with Crippen LogP contribution >= 0.6 is 0 Å². The van der Waals surface area contributed by atoms with E-state index in [0.717, 1.165) is 3.97 Å². The highest BCUT2D eigenvalue weighted by atomic mass is 32.2. The summed E-state index contributed by atoms with van der Waals surface area (Å²) < 4.78 is 27.1. The van der Waals surface area contributed by atoms with Crippen molar-refractivity contribution in [2.75, 3.05) is 0 Å². The van der Waals surface area contributed by atoms with Crippen molar-refractivity contribution in [1.82, 2.24) is 8.96 Å². The van der Waals surface area contributed by atoms with Crippen LogP contribution in [0.5, 0.6) is 0 Å². The molecule has 0 bridgehead atoms. The summed E-state index contributed by atoms with van der Waals surface area (Å²) in [6.45, 7) is 0. The molecule has 5 nitrogen and oxygen atoms in total. The van der Waals surface area contributed by atoms with E-state index >= 15 is 0 Å². The molecular weight excluding hydrogens is 348 g/mol. The molecule has 4 rings (SSSR count). The Balaban J connectivity index is 1.95. The number of rotatable bonds is 4. The highest BCUT2D eigenvalue weighted by Gasteiger charge is 2.24. The molecule has 2 aromatic carbocycles. The molecule has 2 aromatic heterocycles. The second-order valence-electron chi connectivity index (χ2n) is 5.73. The molecule has 0 aliphatic carbocycles. The van der Waals surface area contributed by atoms with Gasteiger partial charge >= 0.3 is 0 Å². The Bertz CT molecular complexity index is 1200. The van der Waals surface area contributed by atoms with Crippen LogP contribution in [0.25, 0.3) is 11.0 Å². The van der Waals surface area contributed by atoms with E-state index in [2.05, 4.69) is 4.98 Å². The summed E-state index contributed by atoms with van der Waals surface area (Å²) in [5, 5.41) is 0.501. The second-order valence-corrected chi connectivity index (χ2v) is 7.54. The van der Waals surface area contributed by atoms with Gasteiger partial charge in [0.05, 0.1) is 10.5 Å². The number of benzene rings is 2. The number of pyridine rings is 1. The molecule has 0 spiro atoms. The summed E-state index contributed by atoms with van der Waals surface area (Å²) in [5.41, 5.74) is 1.03. The molecule has 0 atom stereocenters. The molecule has 0 saturated heterocycles. The summed E-state index contributed by atoms with van der Waals surface area (Å²) in [6.07, 6.45) is 2.87. The van der Waals surface area contributed by atoms with Crippen LogP contribution in [0.15, 0.2) is 90.1 Å². The first-order valence-electron chi connectivity index (χ1n) is 7.95. The van der Waals surface area contributed by atoms with Crippen LogP contribution < -0.4 is 0 Å². The number of fused-ring (bicyclic) bond motifs is 1. The largest absolute Gasteiger partial charge is 0.289 e. The fourth-order valence-corrected chi connectivity index (χ4v) is 4.19. The predicted molar refractivity (Wildman–Crippen MR) is 98.6 cm³/mol. The number of hydrogen-bond acceptors (Lipinski definition) is 4. The Morgan fingerprint density at radius 1 is 0.846 bits per heavy atom. The van der Waals surface area contributed by atoms with E-state index in [4.69, 9.17) is 0 Å². The summed E-state index contributed by atoms with van der Waals surface area (Å²) in [5.74, 6) is -0.245. The van der Waals surface area contributed by atoms with Gasteiger partial charge in [-0.2, -0.15) is 0 Å². The number of carbonyl (C=O) groups excluding carboxylic acids is 1. The van der Waals surface area contributed by atoms with Crippen LogP contribution in [0.4, 0.5) is 0 Å². The van der Waals surface area contributed by atoms with Crippen LogP contribution in [-0.2, 0) is 10.0 Å². The zero-order valence-electron chi connectivity index (χ0n) is 13.6. The van der Waals surface area contributed by atoms with Gasteiger partial charge in [-0.1, -0.05) is 48.5 Å². The van der Waals surface area contributed by atoms with Crippen LogP contribution in [0, 0.1) is 0 Å². The average Bonchev–Trinajstić information content (AvgIpc) is 3.09. The summed E-state index contributed by atoms with van der Waals surface area (Å²) >= 11 is 0. The van der Waals surface area contributed by atoms with Gasteiger partial charge in [0.15, 0.2) is 11.4 Å². The Morgan fingerprint density at radius 3 is 2.19 bits per heavy atom. The van der Waals surface area contributed by atoms with Crippen molar-refractivity contribution in [2.24, 2.45) is 0 Å². The topological polar surface area (TPSA) is 69.0 Å². The minimum absolute atomic E-state index is 0.140. The van der Waals surface area contributed by atoms with Crippen molar-refractivity contribution in [3.05, 3.63) is 96.3 Å². The molecule has 0 fully saturated rings. The highest BCUT2D eigenvalue weighted by molar-refractivity contribution is 7.90. The normalized spacial score (nSPS) is 11.5. The van der Waals surface area contributed by atoms with Crippen molar-refractivity contribution in [3.8, 4) is 0 Å². The number of nitrogens with zero attached hydrogens (tertiary/aromatic N) is 2. The molecule has 0 amide bonds. The van der Waals surface area contributed by atoms with E-state index in [1.54, 1.807) is 54.6 Å². The first-order chi connectivity index (χ1) is 12.6. The number of carbonyl (C=O) groups is 1. The molecule has 4 aromatic rings. The fourth-order valence-electron chi connectivity index (χ4n) is 2.85. The molecule has 0 unspecified atom stereocenters. The van der Waals surface area contributed by atoms with E-state index in [1.165, 1.54) is 24.5 Å². The zero-order chi connectivity index (χ0) is 18.1. The fraction of sp³-hybridized carbons (Fsp3) is 0. The second kappa shape index (κ2) is 6.24. The Morgan fingerprint density at radius 2 is 1.50 bits per heavy atom. The molecule has 0 aliphatic rings. The summed E-state index contributed by atoms with van der Waals surface area (Å²) in [4.78, 5) is 17.2. The van der Waals surface area contributed by atoms with E-state index in [9.17, 15) is 13.2 Å². The minimum atomic E-state index is -3.86. The first-order valence-corrected chi connectivity index (χ1v) is 9.39. The molecule has 128 valence electrons. The maximum atomic E-state index is 13.0. The smallest absolute Gasteiger partial charge is 0.269 e. The third kappa shape index (κ3) is 2.60. The first kappa shape index (κ1) is 16.2. The number of aromatic nitrogens is 2. The SMILES string of the molecule is O=C(c1ccccc1)c1cn(S(=O)(=O)c2ccccc2)c2ncccc12. The third-order valence-corrected chi connectivity index (χ3v) is 5.78. The van der Waals surface area contributed by atoms with Gasteiger partial charge in [-0.25, -0.2) is 17.4 Å². The van der Waals surface area contributed by atoms with E-state index in [-0.39, 0.29) is 16.3 Å². The monoisotopic (exact) mass is 362 g/mol. The molecule has 26 heavy (non-hydrogen) atoms. The molecule has 0 aliphatic heterocycles. The molecule has 0 radical (unpaired) electrons. The standard InChI is InChI=1S/C20H14N2O3S/c23-19(15-8-3-1-4-9-15)18-14-22(20-17(18)12-7-13-21-20)26(24,25)16-10-5-2-6-11-16/h1-14H. The lowest BCUT2D eigenvalue weighted by atomic mass is 10.0. The Kier molecular flexibility index (Phi) is 3.89. The number of hydrogen-bond donors (Lipinski definition) is 0. The van der Waals surface area contributed by atoms with E-state index in [1.807, 2.05) is 6.07 Å². The maximum Gasteiger partial charge on any atom is 0.269 e. The third-order valence-electron chi connectivity index (χ3n) is 4.11. The van der Waals surface area contributed by atoms with E-state index < -0.39 is 10.0 Å². The van der Waals surface area contributed by atoms with E-state index in [0.29, 0.717) is 16.5 Å². The Labute approximate surface area is 150 Å². The molecular formula is C20H14N2O3S. The van der Waals surface area contributed by atoms with Crippen LogP contribution in [0.1, 0.15) is 15.9 Å². The quantitative estimate of drug-likeness (QED) is 0.521. The van der Waals surface area contributed by atoms with Gasteiger partial charge in [-0.05, 0) is 24.3 Å². The van der Waals surface area contributed by atoms with Gasteiger partial charge in [0.25, 0.3) is 10.0 Å². The van der Waals surface area contributed by atoms with Gasteiger partial charge in [0, 0.05) is 23.3 Å². The van der Waals surface area contributed by atoms with Crippen molar-refractivity contribution in [3.63, 3.8) is 0 Å². The maximum absolute atomic E-state index is 13.0. The van der Waals surface area contributed by atoms with Crippen LogP contribution in [0.3, 0.4) is 0 Å². The zero-order valence-corrected chi connectivity index (χ0v) is 14.4. The number of ketones is 1.